The lowest BCUT2D eigenvalue weighted by atomic mass is 10.2. The van der Waals surface area contributed by atoms with E-state index in [0.29, 0.717) is 25.6 Å². The molecule has 0 heterocycles. The zero-order valence-electron chi connectivity index (χ0n) is 13.3. The van der Waals surface area contributed by atoms with Crippen molar-refractivity contribution in [1.29, 1.82) is 0 Å². The highest BCUT2D eigenvalue weighted by Gasteiger charge is 2.32. The fourth-order valence-electron chi connectivity index (χ4n) is 2.32. The van der Waals surface area contributed by atoms with Gasteiger partial charge in [0.2, 0.25) is 0 Å². The lowest BCUT2D eigenvalue weighted by Gasteiger charge is -2.27. The van der Waals surface area contributed by atoms with Crippen LogP contribution in [0.5, 0.6) is 0 Å². The van der Waals surface area contributed by atoms with Crippen molar-refractivity contribution in [3.8, 4) is 0 Å². The molecule has 124 valence electrons. The van der Waals surface area contributed by atoms with Crippen LogP contribution >= 0.6 is 0 Å². The van der Waals surface area contributed by atoms with Gasteiger partial charge in [-0.1, -0.05) is 25.5 Å². The van der Waals surface area contributed by atoms with Crippen LogP contribution < -0.4 is 0 Å². The van der Waals surface area contributed by atoms with Crippen LogP contribution in [0.2, 0.25) is 0 Å². The summed E-state index contributed by atoms with van der Waals surface area (Å²) in [4.78, 5) is 0. The molecule has 6 heteroatoms. The van der Waals surface area contributed by atoms with E-state index in [2.05, 4.69) is 0 Å². The molecule has 1 aromatic carbocycles. The second-order valence-corrected chi connectivity index (χ2v) is 8.08. The number of unbranched alkanes of at least 4 members (excludes halogenated alkanes) is 1. The van der Waals surface area contributed by atoms with Gasteiger partial charge in [0, 0.05) is 26.7 Å². The van der Waals surface area contributed by atoms with Crippen LogP contribution in [0, 0.1) is 11.7 Å². The number of halogens is 1. The summed E-state index contributed by atoms with van der Waals surface area (Å²) in [5.41, 5.74) is 0.814. The highest BCUT2D eigenvalue weighted by atomic mass is 32.2. The second kappa shape index (κ2) is 7.53. The van der Waals surface area contributed by atoms with Crippen LogP contribution in [-0.2, 0) is 16.8 Å². The molecule has 0 aliphatic heterocycles. The van der Waals surface area contributed by atoms with E-state index >= 15 is 0 Å². The van der Waals surface area contributed by atoms with Crippen LogP contribution in [0.15, 0.2) is 24.3 Å². The molecule has 1 aromatic rings. The maximum absolute atomic E-state index is 13.0. The third-order valence-electron chi connectivity index (χ3n) is 3.98. The summed E-state index contributed by atoms with van der Waals surface area (Å²) in [5.74, 6) is 0.162. The average Bonchev–Trinajstić information content (AvgIpc) is 3.30. The van der Waals surface area contributed by atoms with Crippen molar-refractivity contribution in [1.82, 2.24) is 8.61 Å². The zero-order chi connectivity index (χ0) is 16.2. The van der Waals surface area contributed by atoms with Crippen LogP contribution in [0.4, 0.5) is 4.39 Å². The first-order chi connectivity index (χ1) is 10.4. The Morgan fingerprint density at radius 1 is 1.23 bits per heavy atom. The number of benzene rings is 1. The van der Waals surface area contributed by atoms with Crippen molar-refractivity contribution in [2.75, 3.05) is 20.1 Å². The summed E-state index contributed by atoms with van der Waals surface area (Å²) >= 11 is 0. The van der Waals surface area contributed by atoms with Gasteiger partial charge < -0.3 is 0 Å². The molecule has 0 saturated heterocycles. The van der Waals surface area contributed by atoms with E-state index in [0.717, 1.165) is 31.2 Å². The first kappa shape index (κ1) is 17.4. The van der Waals surface area contributed by atoms with E-state index in [1.807, 2.05) is 6.92 Å². The van der Waals surface area contributed by atoms with Crippen LogP contribution in [0.25, 0.3) is 0 Å². The zero-order valence-corrected chi connectivity index (χ0v) is 14.2. The van der Waals surface area contributed by atoms with Crippen molar-refractivity contribution in [2.24, 2.45) is 5.92 Å². The van der Waals surface area contributed by atoms with Gasteiger partial charge in [-0.2, -0.15) is 17.0 Å². The number of hydrogen-bond acceptors (Lipinski definition) is 2. The quantitative estimate of drug-likeness (QED) is 0.699. The Hall–Kier alpha value is -0.980. The van der Waals surface area contributed by atoms with Crippen LogP contribution in [0.3, 0.4) is 0 Å². The Kier molecular flexibility index (Phi) is 5.94. The van der Waals surface area contributed by atoms with Crippen molar-refractivity contribution in [3.63, 3.8) is 0 Å². The standard InChI is InChI=1S/C16H25FN2O2S/c1-3-4-11-18(2)22(20,21)19(12-14-5-6-14)13-15-7-9-16(17)10-8-15/h7-10,14H,3-6,11-13H2,1-2H3. The third kappa shape index (κ3) is 4.76. The Labute approximate surface area is 133 Å². The van der Waals surface area contributed by atoms with Crippen molar-refractivity contribution in [2.45, 2.75) is 39.2 Å². The van der Waals surface area contributed by atoms with Gasteiger partial charge in [-0.25, -0.2) is 4.39 Å². The minimum atomic E-state index is -3.46. The predicted octanol–water partition coefficient (Wildman–Crippen LogP) is 3.01. The molecular formula is C16H25FN2O2S. The monoisotopic (exact) mass is 328 g/mol. The molecule has 22 heavy (non-hydrogen) atoms. The molecule has 0 bridgehead atoms. The molecule has 0 amide bonds. The summed E-state index contributed by atoms with van der Waals surface area (Å²) in [6.07, 6.45) is 3.99. The van der Waals surface area contributed by atoms with Gasteiger partial charge in [0.05, 0.1) is 0 Å². The lowest BCUT2D eigenvalue weighted by Crippen LogP contribution is -2.42. The molecule has 0 unspecified atom stereocenters. The van der Waals surface area contributed by atoms with Crippen LogP contribution in [-0.4, -0.2) is 37.2 Å². The fraction of sp³-hybridized carbons (Fsp3) is 0.625. The minimum absolute atomic E-state index is 0.301. The average molecular weight is 328 g/mol. The lowest BCUT2D eigenvalue weighted by molar-refractivity contribution is 0.342. The van der Waals surface area contributed by atoms with E-state index < -0.39 is 10.2 Å². The van der Waals surface area contributed by atoms with Crippen molar-refractivity contribution >= 4 is 10.2 Å². The Bertz CT molecular complexity index is 570. The molecule has 4 nitrogen and oxygen atoms in total. The molecule has 1 fully saturated rings. The summed E-state index contributed by atoms with van der Waals surface area (Å²) < 4.78 is 41.5. The predicted molar refractivity (Wildman–Crippen MR) is 86.0 cm³/mol. The summed E-state index contributed by atoms with van der Waals surface area (Å²) in [6.45, 7) is 3.43. The van der Waals surface area contributed by atoms with Gasteiger partial charge in [-0.3, -0.25) is 0 Å². The fourth-order valence-corrected chi connectivity index (χ4v) is 3.78. The first-order valence-corrected chi connectivity index (χ1v) is 9.29. The molecule has 1 saturated carbocycles. The molecule has 1 aliphatic rings. The van der Waals surface area contributed by atoms with Crippen molar-refractivity contribution in [3.05, 3.63) is 35.6 Å². The van der Waals surface area contributed by atoms with E-state index in [1.54, 1.807) is 19.2 Å². The maximum atomic E-state index is 13.0. The van der Waals surface area contributed by atoms with E-state index in [9.17, 15) is 12.8 Å². The van der Waals surface area contributed by atoms with Gasteiger partial charge >= 0.3 is 0 Å². The normalized spacial score (nSPS) is 15.7. The van der Waals surface area contributed by atoms with Crippen LogP contribution in [0.1, 0.15) is 38.2 Å². The maximum Gasteiger partial charge on any atom is 0.282 e. The number of hydrogen-bond donors (Lipinski definition) is 0. The Morgan fingerprint density at radius 2 is 1.86 bits per heavy atom. The molecular weight excluding hydrogens is 303 g/mol. The SMILES string of the molecule is CCCCN(C)S(=O)(=O)N(Cc1ccc(F)cc1)CC1CC1. The highest BCUT2D eigenvalue weighted by molar-refractivity contribution is 7.86. The van der Waals surface area contributed by atoms with E-state index in [-0.39, 0.29) is 5.82 Å². The van der Waals surface area contributed by atoms with Gasteiger partial charge in [-0.15, -0.1) is 0 Å². The molecule has 0 spiro atoms. The topological polar surface area (TPSA) is 40.6 Å². The molecule has 2 rings (SSSR count). The molecule has 0 atom stereocenters. The van der Waals surface area contributed by atoms with Gasteiger partial charge in [0.15, 0.2) is 0 Å². The molecule has 0 N–H and O–H groups in total. The minimum Gasteiger partial charge on any atom is -0.207 e. The number of rotatable bonds is 9. The van der Waals surface area contributed by atoms with Gasteiger partial charge in [0.25, 0.3) is 10.2 Å². The summed E-state index contributed by atoms with van der Waals surface area (Å²) in [6, 6.07) is 6.05. The van der Waals surface area contributed by atoms with E-state index in [1.165, 1.54) is 20.7 Å². The number of nitrogens with zero attached hydrogens (tertiary/aromatic N) is 2. The molecule has 1 aliphatic carbocycles. The highest BCUT2D eigenvalue weighted by Crippen LogP contribution is 2.31. The Morgan fingerprint density at radius 3 is 2.41 bits per heavy atom. The van der Waals surface area contributed by atoms with Gasteiger partial charge in [0.1, 0.15) is 5.82 Å². The van der Waals surface area contributed by atoms with Crippen molar-refractivity contribution < 1.29 is 12.8 Å². The van der Waals surface area contributed by atoms with Gasteiger partial charge in [-0.05, 0) is 42.9 Å². The Balaban J connectivity index is 2.11. The molecule has 0 radical (unpaired) electrons. The third-order valence-corrected chi connectivity index (χ3v) is 5.88. The smallest absolute Gasteiger partial charge is 0.207 e. The largest absolute Gasteiger partial charge is 0.282 e. The summed E-state index contributed by atoms with van der Waals surface area (Å²) in [5, 5.41) is 0. The molecule has 0 aromatic heterocycles. The first-order valence-electron chi connectivity index (χ1n) is 7.89. The second-order valence-electron chi connectivity index (χ2n) is 6.05. The summed E-state index contributed by atoms with van der Waals surface area (Å²) in [7, 11) is -1.83. The van der Waals surface area contributed by atoms with E-state index in [4.69, 9.17) is 0 Å².